The summed E-state index contributed by atoms with van der Waals surface area (Å²) in [7, 11) is 0. The number of hydrogen-bond acceptors (Lipinski definition) is 1. The predicted molar refractivity (Wildman–Crippen MR) is 53.2 cm³/mol. The molecule has 1 aromatic carbocycles. The van der Waals surface area contributed by atoms with Gasteiger partial charge >= 0.3 is 121 Å². The normalized spacial score (nSPS) is 4.32. The van der Waals surface area contributed by atoms with E-state index < -0.39 is 0 Å². The Morgan fingerprint density at radius 2 is 1.05 bits per heavy atom. The monoisotopic (exact) mass is 427 g/mol. The van der Waals surface area contributed by atoms with E-state index in [1.54, 1.807) is 0 Å². The van der Waals surface area contributed by atoms with Crippen molar-refractivity contribution in [3.63, 3.8) is 0 Å². The average molecular weight is 427 g/mol. The summed E-state index contributed by atoms with van der Waals surface area (Å²) in [6, 6.07) is 9.81. The summed E-state index contributed by atoms with van der Waals surface area (Å²) in [5, 5.41) is 0. The molecule has 6 nitrogen and oxygen atoms in total. The number of nitrogens with zero attached hydrogens (tertiary/aromatic N) is 1. The molecular formula is C12H5NO5W. The van der Waals surface area contributed by atoms with Crippen LogP contribution >= 0.6 is 0 Å². The van der Waals surface area contributed by atoms with Crippen molar-refractivity contribution in [2.45, 2.75) is 0 Å². The molecule has 0 amide bonds. The van der Waals surface area contributed by atoms with E-state index in [4.69, 9.17) is 23.3 Å². The number of aliphatic imine (C=N–C) groups is 1. The van der Waals surface area contributed by atoms with Crippen LogP contribution in [0.3, 0.4) is 0 Å². The Hall–Kier alpha value is -1.81. The Balaban J connectivity index is -0.0000000557. The van der Waals surface area contributed by atoms with Gasteiger partial charge in [0.2, 0.25) is 0 Å². The van der Waals surface area contributed by atoms with Crippen LogP contribution in [0.2, 0.25) is 0 Å². The molecule has 0 radical (unpaired) electrons. The van der Waals surface area contributed by atoms with Gasteiger partial charge in [-0.3, -0.25) is 0 Å². The Morgan fingerprint density at radius 3 is 1.32 bits per heavy atom. The number of rotatable bonds is 1. The van der Waals surface area contributed by atoms with E-state index >= 15 is 0 Å². The molecule has 1 aromatic rings. The summed E-state index contributed by atoms with van der Waals surface area (Å²) in [5.41, 5.74) is 0.979. The molecule has 7 heteroatoms. The van der Waals surface area contributed by atoms with Gasteiger partial charge in [0.15, 0.2) is 0 Å². The summed E-state index contributed by atoms with van der Waals surface area (Å²) < 4.78 is 40.3. The van der Waals surface area contributed by atoms with Gasteiger partial charge in [-0.25, -0.2) is 0 Å². The van der Waals surface area contributed by atoms with Crippen molar-refractivity contribution in [2.75, 3.05) is 0 Å². The van der Waals surface area contributed by atoms with Crippen LogP contribution in [0.15, 0.2) is 35.3 Å². The van der Waals surface area contributed by atoms with Crippen molar-refractivity contribution in [3.05, 3.63) is 63.6 Å². The fourth-order valence-corrected chi connectivity index (χ4v) is 0.934. The van der Waals surface area contributed by atoms with Crippen molar-refractivity contribution in [1.82, 2.24) is 0 Å². The van der Waals surface area contributed by atoms with Crippen LogP contribution in [0, 0.1) is 33.3 Å². The molecule has 0 fully saturated rings. The van der Waals surface area contributed by atoms with E-state index in [1.807, 2.05) is 30.3 Å². The Kier molecular flexibility index (Phi) is 88.9. The molecule has 19 heavy (non-hydrogen) atoms. The van der Waals surface area contributed by atoms with E-state index in [-0.39, 0.29) is 0 Å². The third kappa shape index (κ3) is 38.6. The molecule has 0 aliphatic heterocycles. The van der Waals surface area contributed by atoms with Crippen molar-refractivity contribution < 1.29 is 42.6 Å². The first kappa shape index (κ1) is 30.3. The molecular weight excluding hydrogens is 422 g/mol. The molecule has 0 spiro atoms. The van der Waals surface area contributed by atoms with Crippen LogP contribution in [0.25, 0.3) is 0 Å². The van der Waals surface area contributed by atoms with Crippen LogP contribution in [0.5, 0.6) is 0 Å². The van der Waals surface area contributed by atoms with E-state index in [2.05, 4.69) is 42.4 Å². The molecule has 0 unspecified atom stereocenters. The van der Waals surface area contributed by atoms with Gasteiger partial charge in [-0.05, 0) is 0 Å². The second-order valence-corrected chi connectivity index (χ2v) is 2.19. The third-order valence-corrected chi connectivity index (χ3v) is 1.26. The molecule has 0 bridgehead atoms. The SMILES string of the molecule is [C-]#[O+].[C-]#[O+].[C-]#[O+].[C-]#[O+].[C-]#[O+].[W]=[C]=Nc1ccccc1. The van der Waals surface area contributed by atoms with Gasteiger partial charge in [0.1, 0.15) is 0 Å². The van der Waals surface area contributed by atoms with E-state index in [9.17, 15) is 0 Å². The van der Waals surface area contributed by atoms with Crippen LogP contribution in [-0.2, 0) is 42.6 Å². The van der Waals surface area contributed by atoms with E-state index in [0.717, 1.165) is 5.69 Å². The molecule has 0 N–H and O–H groups in total. The molecule has 0 aromatic heterocycles. The minimum atomic E-state index is 0.979. The zero-order valence-electron chi connectivity index (χ0n) is 9.28. The van der Waals surface area contributed by atoms with Crippen molar-refractivity contribution in [3.8, 4) is 0 Å². The third-order valence-electron chi connectivity index (χ3n) is 0.931. The standard InChI is InChI=1S/C7H5N.5CO.W/c1-8-7-5-3-2-4-6-7;5*1-2;/h2-6H;;;;;;. The summed E-state index contributed by atoms with van der Waals surface area (Å²) in [4.78, 5) is 3.99. The molecule has 0 heterocycles. The quantitative estimate of drug-likeness (QED) is 0.369. The summed E-state index contributed by atoms with van der Waals surface area (Å²) in [6.07, 6.45) is 0. The maximum absolute atomic E-state index is 7.50. The summed E-state index contributed by atoms with van der Waals surface area (Å²) >= 11 is 1.26. The molecule has 0 aliphatic carbocycles. The van der Waals surface area contributed by atoms with Gasteiger partial charge < -0.3 is 0 Å². The van der Waals surface area contributed by atoms with Crippen LogP contribution in [0.4, 0.5) is 5.69 Å². The molecule has 0 saturated heterocycles. The summed E-state index contributed by atoms with van der Waals surface area (Å²) in [6.45, 7) is 22.5. The Bertz CT molecular complexity index is 378. The van der Waals surface area contributed by atoms with Gasteiger partial charge in [-0.1, -0.05) is 0 Å². The average Bonchev–Trinajstić information content (AvgIpc) is 2.58. The van der Waals surface area contributed by atoms with Gasteiger partial charge in [-0.2, -0.15) is 0 Å². The number of benzene rings is 1. The molecule has 0 saturated carbocycles. The Morgan fingerprint density at radius 1 is 0.737 bits per heavy atom. The van der Waals surface area contributed by atoms with Gasteiger partial charge in [0.05, 0.1) is 0 Å². The van der Waals surface area contributed by atoms with Crippen molar-refractivity contribution >= 4 is 9.88 Å². The van der Waals surface area contributed by atoms with Crippen molar-refractivity contribution in [2.24, 2.45) is 4.99 Å². The zero-order valence-corrected chi connectivity index (χ0v) is 12.2. The van der Waals surface area contributed by atoms with E-state index in [0.29, 0.717) is 0 Å². The summed E-state index contributed by atoms with van der Waals surface area (Å²) in [5.74, 6) is 0. The number of para-hydroxylation sites is 1. The van der Waals surface area contributed by atoms with Crippen LogP contribution < -0.4 is 0 Å². The first-order valence-corrected chi connectivity index (χ1v) is 5.05. The first-order chi connectivity index (χ1) is 9.43. The predicted octanol–water partition coefficient (Wildman–Crippen LogP) is 1.58. The van der Waals surface area contributed by atoms with Gasteiger partial charge in [-0.15, -0.1) is 0 Å². The Labute approximate surface area is 121 Å². The number of hydrogen-bond donors (Lipinski definition) is 0. The molecule has 1 rings (SSSR count). The zero-order chi connectivity index (χ0) is 16.5. The van der Waals surface area contributed by atoms with Crippen LogP contribution in [-0.4, -0.2) is 4.19 Å². The van der Waals surface area contributed by atoms with E-state index in [1.165, 1.54) is 19.4 Å². The van der Waals surface area contributed by atoms with Crippen molar-refractivity contribution in [1.29, 1.82) is 0 Å². The first-order valence-electron chi connectivity index (χ1n) is 3.58. The van der Waals surface area contributed by atoms with Gasteiger partial charge in [0.25, 0.3) is 0 Å². The molecule has 0 atom stereocenters. The topological polar surface area (TPSA) is 112 Å². The molecule has 94 valence electrons. The van der Waals surface area contributed by atoms with Gasteiger partial charge in [0, 0.05) is 0 Å². The second-order valence-electron chi connectivity index (χ2n) is 1.54. The maximum atomic E-state index is 7.50. The second kappa shape index (κ2) is 55.7. The van der Waals surface area contributed by atoms with Crippen LogP contribution in [0.1, 0.15) is 0 Å². The molecule has 0 aliphatic rings. The fraction of sp³-hybridized carbons (Fsp3) is 0. The minimum absolute atomic E-state index is 0.979. The fourth-order valence-electron chi connectivity index (χ4n) is 0.555.